The van der Waals surface area contributed by atoms with E-state index in [2.05, 4.69) is 56.1 Å². The molecule has 1 aromatic heterocycles. The Morgan fingerprint density at radius 1 is 1.38 bits per heavy atom. The Hall–Kier alpha value is -0.970. The number of pyridine rings is 1. The first-order valence-corrected chi connectivity index (χ1v) is 8.04. The maximum atomic E-state index is 5.96. The van der Waals surface area contributed by atoms with Crippen LogP contribution in [-0.2, 0) is 17.8 Å². The molecule has 0 saturated carbocycles. The molecule has 1 saturated heterocycles. The van der Waals surface area contributed by atoms with Crippen LogP contribution >= 0.6 is 0 Å². The van der Waals surface area contributed by atoms with Crippen LogP contribution in [-0.4, -0.2) is 41.2 Å². The lowest BCUT2D eigenvalue weighted by Crippen LogP contribution is -2.51. The van der Waals surface area contributed by atoms with E-state index >= 15 is 0 Å². The van der Waals surface area contributed by atoms with Crippen LogP contribution in [0.4, 0.5) is 0 Å². The van der Waals surface area contributed by atoms with E-state index < -0.39 is 0 Å². The summed E-state index contributed by atoms with van der Waals surface area (Å²) in [6, 6.07) is 6.33. The Morgan fingerprint density at radius 3 is 2.86 bits per heavy atom. The van der Waals surface area contributed by atoms with Crippen molar-refractivity contribution in [2.75, 3.05) is 19.6 Å². The third-order valence-corrected chi connectivity index (χ3v) is 3.62. The maximum absolute atomic E-state index is 5.96. The van der Waals surface area contributed by atoms with Crippen LogP contribution in [0.1, 0.15) is 45.5 Å². The highest BCUT2D eigenvalue weighted by Crippen LogP contribution is 2.21. The lowest BCUT2D eigenvalue weighted by atomic mass is 10.1. The maximum Gasteiger partial charge on any atom is 0.0757 e. The molecule has 2 rings (SSSR count). The van der Waals surface area contributed by atoms with Crippen molar-refractivity contribution < 1.29 is 4.74 Å². The van der Waals surface area contributed by atoms with Crippen molar-refractivity contribution in [3.05, 3.63) is 29.6 Å². The standard InChI is InChI=1S/C17H29N3O/c1-5-9-18-10-15-7-6-8-16(19-15)12-20-11-14(2)21-17(3,4)13-20/h6-8,14,18H,5,9-13H2,1-4H3. The lowest BCUT2D eigenvalue weighted by Gasteiger charge is -2.41. The summed E-state index contributed by atoms with van der Waals surface area (Å²) in [7, 11) is 0. The van der Waals surface area contributed by atoms with E-state index in [4.69, 9.17) is 9.72 Å². The fourth-order valence-corrected chi connectivity index (χ4v) is 3.04. The minimum atomic E-state index is -0.0715. The molecule has 0 radical (unpaired) electrons. The Labute approximate surface area is 128 Å². The summed E-state index contributed by atoms with van der Waals surface area (Å²) in [5.41, 5.74) is 2.20. The quantitative estimate of drug-likeness (QED) is 0.818. The molecule has 1 unspecified atom stereocenters. The predicted molar refractivity (Wildman–Crippen MR) is 86.1 cm³/mol. The third kappa shape index (κ3) is 5.38. The van der Waals surface area contributed by atoms with Crippen LogP contribution in [0.15, 0.2) is 18.2 Å². The number of nitrogens with one attached hydrogen (secondary N) is 1. The highest BCUT2D eigenvalue weighted by molar-refractivity contribution is 5.11. The Morgan fingerprint density at radius 2 is 2.14 bits per heavy atom. The van der Waals surface area contributed by atoms with Crippen LogP contribution < -0.4 is 5.32 Å². The van der Waals surface area contributed by atoms with Crippen molar-refractivity contribution in [3.8, 4) is 0 Å². The molecule has 2 heterocycles. The van der Waals surface area contributed by atoms with Gasteiger partial charge in [0.2, 0.25) is 0 Å². The van der Waals surface area contributed by atoms with E-state index in [1.807, 2.05) is 0 Å². The molecule has 0 amide bonds. The molecule has 21 heavy (non-hydrogen) atoms. The highest BCUT2D eigenvalue weighted by atomic mass is 16.5. The zero-order valence-corrected chi connectivity index (χ0v) is 13.9. The van der Waals surface area contributed by atoms with Gasteiger partial charge in [-0.15, -0.1) is 0 Å². The van der Waals surface area contributed by atoms with Gasteiger partial charge in [-0.2, -0.15) is 0 Å². The van der Waals surface area contributed by atoms with Gasteiger partial charge in [0.1, 0.15) is 0 Å². The first kappa shape index (κ1) is 16.4. The number of ether oxygens (including phenoxy) is 1. The van der Waals surface area contributed by atoms with E-state index in [1.165, 1.54) is 0 Å². The van der Waals surface area contributed by atoms with Crippen molar-refractivity contribution in [2.45, 2.75) is 58.9 Å². The SMILES string of the molecule is CCCNCc1cccc(CN2CC(C)OC(C)(C)C2)n1. The number of hydrogen-bond donors (Lipinski definition) is 1. The lowest BCUT2D eigenvalue weighted by molar-refractivity contribution is -0.130. The molecule has 0 spiro atoms. The zero-order chi connectivity index (χ0) is 15.3. The van der Waals surface area contributed by atoms with Gasteiger partial charge in [0.15, 0.2) is 0 Å². The molecule has 1 aliphatic heterocycles. The number of hydrogen-bond acceptors (Lipinski definition) is 4. The molecule has 4 nitrogen and oxygen atoms in total. The van der Waals surface area contributed by atoms with Crippen LogP contribution in [0.2, 0.25) is 0 Å². The number of rotatable bonds is 6. The monoisotopic (exact) mass is 291 g/mol. The van der Waals surface area contributed by atoms with Crippen molar-refractivity contribution in [3.63, 3.8) is 0 Å². The normalized spacial score (nSPS) is 22.4. The van der Waals surface area contributed by atoms with Gasteiger partial charge in [-0.1, -0.05) is 13.0 Å². The third-order valence-electron chi connectivity index (χ3n) is 3.62. The van der Waals surface area contributed by atoms with E-state index in [-0.39, 0.29) is 11.7 Å². The molecular formula is C17H29N3O. The minimum absolute atomic E-state index is 0.0715. The summed E-state index contributed by atoms with van der Waals surface area (Å²) >= 11 is 0. The molecule has 118 valence electrons. The van der Waals surface area contributed by atoms with Crippen molar-refractivity contribution in [1.29, 1.82) is 0 Å². The van der Waals surface area contributed by atoms with Crippen molar-refractivity contribution >= 4 is 0 Å². The second-order valence-corrected chi connectivity index (χ2v) is 6.65. The number of nitrogens with zero attached hydrogens (tertiary/aromatic N) is 2. The molecule has 1 atom stereocenters. The van der Waals surface area contributed by atoms with Crippen LogP contribution in [0.25, 0.3) is 0 Å². The average Bonchev–Trinajstić information content (AvgIpc) is 2.37. The topological polar surface area (TPSA) is 37.4 Å². The summed E-state index contributed by atoms with van der Waals surface area (Å²) in [6.07, 6.45) is 1.43. The van der Waals surface area contributed by atoms with Crippen LogP contribution in [0.3, 0.4) is 0 Å². The van der Waals surface area contributed by atoms with Crippen molar-refractivity contribution in [2.24, 2.45) is 0 Å². The van der Waals surface area contributed by atoms with Crippen molar-refractivity contribution in [1.82, 2.24) is 15.2 Å². The van der Waals surface area contributed by atoms with Crippen LogP contribution in [0, 0.1) is 0 Å². The second-order valence-electron chi connectivity index (χ2n) is 6.65. The number of morpholine rings is 1. The zero-order valence-electron chi connectivity index (χ0n) is 13.9. The van der Waals surface area contributed by atoms with Gasteiger partial charge in [0.25, 0.3) is 0 Å². The van der Waals surface area contributed by atoms with Gasteiger partial charge in [-0.05, 0) is 45.9 Å². The first-order valence-electron chi connectivity index (χ1n) is 8.04. The van der Waals surface area contributed by atoms with Crippen LogP contribution in [0.5, 0.6) is 0 Å². The first-order chi connectivity index (χ1) is 9.98. The molecule has 0 aromatic carbocycles. The van der Waals surface area contributed by atoms with E-state index in [0.717, 1.165) is 50.5 Å². The molecular weight excluding hydrogens is 262 g/mol. The van der Waals surface area contributed by atoms with E-state index in [0.29, 0.717) is 0 Å². The molecule has 0 aliphatic carbocycles. The highest BCUT2D eigenvalue weighted by Gasteiger charge is 2.31. The number of aromatic nitrogens is 1. The van der Waals surface area contributed by atoms with Gasteiger partial charge < -0.3 is 10.1 Å². The molecule has 4 heteroatoms. The van der Waals surface area contributed by atoms with Gasteiger partial charge >= 0.3 is 0 Å². The molecule has 1 aromatic rings. The average molecular weight is 291 g/mol. The largest absolute Gasteiger partial charge is 0.370 e. The smallest absolute Gasteiger partial charge is 0.0757 e. The fourth-order valence-electron chi connectivity index (χ4n) is 3.04. The van der Waals surface area contributed by atoms with E-state index in [9.17, 15) is 0 Å². The minimum Gasteiger partial charge on any atom is -0.370 e. The summed E-state index contributed by atoms with van der Waals surface area (Å²) in [5.74, 6) is 0. The predicted octanol–water partition coefficient (Wildman–Crippen LogP) is 2.58. The summed E-state index contributed by atoms with van der Waals surface area (Å²) in [4.78, 5) is 7.21. The Bertz CT molecular complexity index is 447. The summed E-state index contributed by atoms with van der Waals surface area (Å²) in [5, 5.41) is 3.41. The Balaban J connectivity index is 1.94. The molecule has 1 N–H and O–H groups in total. The van der Waals surface area contributed by atoms with Gasteiger partial charge in [-0.25, -0.2) is 0 Å². The van der Waals surface area contributed by atoms with Gasteiger partial charge in [-0.3, -0.25) is 9.88 Å². The van der Waals surface area contributed by atoms with E-state index in [1.54, 1.807) is 0 Å². The summed E-state index contributed by atoms with van der Waals surface area (Å²) < 4.78 is 5.96. The molecule has 0 bridgehead atoms. The second kappa shape index (κ2) is 7.34. The fraction of sp³-hybridized carbons (Fsp3) is 0.706. The molecule has 1 fully saturated rings. The Kier molecular flexibility index (Phi) is 5.73. The summed E-state index contributed by atoms with van der Waals surface area (Å²) in [6.45, 7) is 13.4. The van der Waals surface area contributed by atoms with Gasteiger partial charge in [0.05, 0.1) is 23.1 Å². The van der Waals surface area contributed by atoms with Gasteiger partial charge in [0, 0.05) is 26.2 Å². The molecule has 1 aliphatic rings.